The van der Waals surface area contributed by atoms with Gasteiger partial charge in [-0.15, -0.1) is 0 Å². The molecule has 1 atom stereocenters. The third-order valence-corrected chi connectivity index (χ3v) is 2.08. The van der Waals surface area contributed by atoms with Gasteiger partial charge in [0.05, 0.1) is 0 Å². The Morgan fingerprint density at radius 1 is 1.38 bits per heavy atom. The van der Waals surface area contributed by atoms with Gasteiger partial charge in [0.15, 0.2) is 0 Å². The van der Waals surface area contributed by atoms with E-state index >= 15 is 0 Å². The Morgan fingerprint density at radius 2 is 1.92 bits per heavy atom. The maximum Gasteiger partial charge on any atom is 0.509 e. The van der Waals surface area contributed by atoms with Crippen molar-refractivity contribution < 1.29 is 14.3 Å². The summed E-state index contributed by atoms with van der Waals surface area (Å²) in [6.07, 6.45) is 0.950. The highest BCUT2D eigenvalue weighted by molar-refractivity contribution is 5.60. The van der Waals surface area contributed by atoms with Crippen LogP contribution in [0.3, 0.4) is 0 Å². The average Bonchev–Trinajstić information content (AvgIpc) is 2.03. The fourth-order valence-electron chi connectivity index (χ4n) is 0.569. The second-order valence-corrected chi connectivity index (χ2v) is 3.80. The Balaban J connectivity index is 3.87. The maximum atomic E-state index is 11.1. The minimum atomic E-state index is -0.568. The Labute approximate surface area is 80.4 Å². The molecule has 0 aliphatic carbocycles. The van der Waals surface area contributed by atoms with Crippen LogP contribution in [0, 0.1) is 0 Å². The first-order valence-corrected chi connectivity index (χ1v) is 4.81. The maximum absolute atomic E-state index is 11.1. The van der Waals surface area contributed by atoms with Crippen molar-refractivity contribution >= 4 is 6.16 Å². The average molecular weight is 188 g/mol. The van der Waals surface area contributed by atoms with Crippen molar-refractivity contribution in [1.82, 2.24) is 0 Å². The summed E-state index contributed by atoms with van der Waals surface area (Å²) in [7, 11) is 0. The Morgan fingerprint density at radius 3 is 2.31 bits per heavy atom. The predicted octanol–water partition coefficient (Wildman–Crippen LogP) is 3.13. The molecule has 3 nitrogen and oxygen atoms in total. The zero-order valence-electron chi connectivity index (χ0n) is 9.22. The first-order chi connectivity index (χ1) is 5.91. The molecule has 0 saturated carbocycles. The third kappa shape index (κ3) is 5.50. The molecular weight excluding hydrogens is 168 g/mol. The van der Waals surface area contributed by atoms with Crippen molar-refractivity contribution in [3.05, 3.63) is 0 Å². The number of hydrogen-bond donors (Lipinski definition) is 0. The van der Waals surface area contributed by atoms with Gasteiger partial charge in [-0.1, -0.05) is 13.8 Å². The minimum absolute atomic E-state index is 0.0693. The van der Waals surface area contributed by atoms with Crippen LogP contribution in [-0.4, -0.2) is 17.9 Å². The topological polar surface area (TPSA) is 35.5 Å². The van der Waals surface area contributed by atoms with Gasteiger partial charge in [0, 0.05) is 0 Å². The monoisotopic (exact) mass is 188 g/mol. The van der Waals surface area contributed by atoms with Crippen molar-refractivity contribution in [2.45, 2.75) is 59.2 Å². The van der Waals surface area contributed by atoms with E-state index in [4.69, 9.17) is 9.47 Å². The van der Waals surface area contributed by atoms with Crippen LogP contribution in [0.5, 0.6) is 0 Å². The van der Waals surface area contributed by atoms with Gasteiger partial charge >= 0.3 is 6.16 Å². The second kappa shape index (κ2) is 5.10. The third-order valence-electron chi connectivity index (χ3n) is 2.08. The van der Waals surface area contributed by atoms with Gasteiger partial charge in [0.25, 0.3) is 0 Å². The molecule has 13 heavy (non-hydrogen) atoms. The smallest absolute Gasteiger partial charge is 0.431 e. The zero-order valence-corrected chi connectivity index (χ0v) is 9.22. The number of hydrogen-bond acceptors (Lipinski definition) is 3. The van der Waals surface area contributed by atoms with E-state index in [0.29, 0.717) is 0 Å². The first kappa shape index (κ1) is 12.3. The van der Waals surface area contributed by atoms with Crippen molar-refractivity contribution in [3.8, 4) is 0 Å². The largest absolute Gasteiger partial charge is 0.509 e. The Hall–Kier alpha value is -0.730. The van der Waals surface area contributed by atoms with E-state index in [9.17, 15) is 4.79 Å². The number of rotatable bonds is 4. The van der Waals surface area contributed by atoms with E-state index in [-0.39, 0.29) is 6.10 Å². The molecule has 1 unspecified atom stereocenters. The highest BCUT2D eigenvalue weighted by Gasteiger charge is 2.22. The molecule has 0 aliphatic rings. The number of carbonyl (C=O) groups excluding carboxylic acids is 1. The molecule has 0 spiro atoms. The zero-order chi connectivity index (χ0) is 10.5. The van der Waals surface area contributed by atoms with E-state index in [2.05, 4.69) is 0 Å². The van der Waals surface area contributed by atoms with Crippen LogP contribution in [0.4, 0.5) is 4.79 Å². The molecule has 78 valence electrons. The highest BCUT2D eigenvalue weighted by atomic mass is 16.7. The molecule has 0 aromatic rings. The summed E-state index contributed by atoms with van der Waals surface area (Å²) in [6.45, 7) is 9.51. The van der Waals surface area contributed by atoms with E-state index in [1.165, 1.54) is 0 Å². The Bertz CT molecular complexity index is 164. The van der Waals surface area contributed by atoms with Gasteiger partial charge in [0.1, 0.15) is 11.7 Å². The number of carbonyl (C=O) groups is 1. The van der Waals surface area contributed by atoms with Gasteiger partial charge < -0.3 is 9.47 Å². The van der Waals surface area contributed by atoms with Crippen LogP contribution in [0.25, 0.3) is 0 Å². The van der Waals surface area contributed by atoms with Crippen LogP contribution in [-0.2, 0) is 9.47 Å². The molecule has 0 aromatic carbocycles. The van der Waals surface area contributed by atoms with Crippen LogP contribution in [0.15, 0.2) is 0 Å². The lowest BCUT2D eigenvalue weighted by Gasteiger charge is -2.23. The van der Waals surface area contributed by atoms with Gasteiger partial charge in [-0.25, -0.2) is 4.79 Å². The van der Waals surface area contributed by atoms with E-state index in [0.717, 1.165) is 12.8 Å². The molecule has 0 N–H and O–H groups in total. The van der Waals surface area contributed by atoms with Crippen LogP contribution < -0.4 is 0 Å². The molecule has 0 radical (unpaired) electrons. The normalized spacial score (nSPS) is 13.6. The Kier molecular flexibility index (Phi) is 4.81. The lowest BCUT2D eigenvalue weighted by Crippen LogP contribution is -2.29. The molecule has 0 rings (SSSR count). The van der Waals surface area contributed by atoms with Crippen molar-refractivity contribution in [2.24, 2.45) is 0 Å². The molecule has 0 saturated heterocycles. The SMILES string of the molecule is CCC(C)OC(=O)OC(C)(C)CC. The predicted molar refractivity (Wildman–Crippen MR) is 51.7 cm³/mol. The van der Waals surface area contributed by atoms with Gasteiger partial charge in [-0.05, 0) is 33.6 Å². The first-order valence-electron chi connectivity index (χ1n) is 4.81. The summed E-state index contributed by atoms with van der Waals surface area (Å²) in [5.41, 5.74) is -0.426. The summed E-state index contributed by atoms with van der Waals surface area (Å²) in [6, 6.07) is 0. The van der Waals surface area contributed by atoms with Gasteiger partial charge in [-0.2, -0.15) is 0 Å². The summed E-state index contributed by atoms with van der Waals surface area (Å²) < 4.78 is 10.1. The van der Waals surface area contributed by atoms with Crippen molar-refractivity contribution in [1.29, 1.82) is 0 Å². The standard InChI is InChI=1S/C10H20O3/c1-6-8(3)12-9(11)13-10(4,5)7-2/h8H,6-7H2,1-5H3. The molecule has 3 heteroatoms. The van der Waals surface area contributed by atoms with Gasteiger partial charge in [0.2, 0.25) is 0 Å². The molecule has 0 aliphatic heterocycles. The second-order valence-electron chi connectivity index (χ2n) is 3.80. The summed E-state index contributed by atoms with van der Waals surface area (Å²) in [4.78, 5) is 11.1. The summed E-state index contributed by atoms with van der Waals surface area (Å²) in [5, 5.41) is 0. The summed E-state index contributed by atoms with van der Waals surface area (Å²) in [5.74, 6) is 0. The number of ether oxygens (including phenoxy) is 2. The van der Waals surface area contributed by atoms with E-state index < -0.39 is 11.8 Å². The van der Waals surface area contributed by atoms with Crippen molar-refractivity contribution in [3.63, 3.8) is 0 Å². The minimum Gasteiger partial charge on any atom is -0.431 e. The molecule has 0 bridgehead atoms. The van der Waals surface area contributed by atoms with E-state index in [1.54, 1.807) is 0 Å². The fourth-order valence-corrected chi connectivity index (χ4v) is 0.569. The van der Waals surface area contributed by atoms with E-state index in [1.807, 2.05) is 34.6 Å². The van der Waals surface area contributed by atoms with Gasteiger partial charge in [-0.3, -0.25) is 0 Å². The molecule has 0 heterocycles. The summed E-state index contributed by atoms with van der Waals surface area (Å²) >= 11 is 0. The van der Waals surface area contributed by atoms with Crippen molar-refractivity contribution in [2.75, 3.05) is 0 Å². The molecule has 0 fully saturated rings. The fraction of sp³-hybridized carbons (Fsp3) is 0.900. The lowest BCUT2D eigenvalue weighted by molar-refractivity contribution is -0.0330. The highest BCUT2D eigenvalue weighted by Crippen LogP contribution is 2.15. The van der Waals surface area contributed by atoms with Crippen LogP contribution in [0.2, 0.25) is 0 Å². The van der Waals surface area contributed by atoms with Crippen LogP contribution in [0.1, 0.15) is 47.5 Å². The molecular formula is C10H20O3. The molecule has 0 aromatic heterocycles. The quantitative estimate of drug-likeness (QED) is 0.636. The molecule has 0 amide bonds. The van der Waals surface area contributed by atoms with Crippen LogP contribution >= 0.6 is 0 Å². The lowest BCUT2D eigenvalue weighted by atomic mass is 10.1.